The summed E-state index contributed by atoms with van der Waals surface area (Å²) in [6.07, 6.45) is 0. The fourth-order valence-electron chi connectivity index (χ4n) is 2.11. The second kappa shape index (κ2) is 4.07. The number of para-hydroxylation sites is 2. The van der Waals surface area contributed by atoms with E-state index < -0.39 is 0 Å². The van der Waals surface area contributed by atoms with Crippen LogP contribution in [0, 0.1) is 0 Å². The number of aromatic nitrogens is 2. The molecule has 0 spiro atoms. The molecule has 0 aliphatic rings. The lowest BCUT2D eigenvalue weighted by molar-refractivity contribution is 0.416. The van der Waals surface area contributed by atoms with Gasteiger partial charge < -0.3 is 10.5 Å². The Bertz CT molecular complexity index is 703. The molecule has 4 heteroatoms. The zero-order chi connectivity index (χ0) is 12.5. The molecule has 3 rings (SSSR count). The van der Waals surface area contributed by atoms with Gasteiger partial charge in [-0.05, 0) is 18.2 Å². The predicted molar refractivity (Wildman–Crippen MR) is 72.5 cm³/mol. The van der Waals surface area contributed by atoms with E-state index in [1.54, 1.807) is 7.11 Å². The van der Waals surface area contributed by atoms with Crippen LogP contribution in [0.15, 0.2) is 42.5 Å². The summed E-state index contributed by atoms with van der Waals surface area (Å²) < 4.78 is 5.36. The largest absolute Gasteiger partial charge is 0.496 e. The van der Waals surface area contributed by atoms with Crippen molar-refractivity contribution in [3.63, 3.8) is 0 Å². The second-order valence-corrected chi connectivity index (χ2v) is 4.04. The Morgan fingerprint density at radius 1 is 1.11 bits per heavy atom. The van der Waals surface area contributed by atoms with Gasteiger partial charge in [-0.25, -0.2) is 0 Å². The summed E-state index contributed by atoms with van der Waals surface area (Å²) in [5, 5.41) is 8.33. The molecule has 1 heterocycles. The van der Waals surface area contributed by atoms with Crippen LogP contribution < -0.4 is 10.5 Å². The number of anilines is 1. The SMILES string of the molecule is COc1ccccc1-c1n[nH]c2c(N)cccc12. The van der Waals surface area contributed by atoms with Crippen LogP contribution in [-0.2, 0) is 0 Å². The molecule has 0 amide bonds. The van der Waals surface area contributed by atoms with Gasteiger partial charge in [-0.15, -0.1) is 0 Å². The fraction of sp³-hybridized carbons (Fsp3) is 0.0714. The molecule has 3 aromatic rings. The van der Waals surface area contributed by atoms with Gasteiger partial charge >= 0.3 is 0 Å². The number of hydrogen-bond donors (Lipinski definition) is 2. The number of nitrogen functional groups attached to an aromatic ring is 1. The van der Waals surface area contributed by atoms with E-state index in [0.717, 1.165) is 27.9 Å². The van der Waals surface area contributed by atoms with Crippen molar-refractivity contribution in [2.45, 2.75) is 0 Å². The minimum atomic E-state index is 0.696. The number of H-pyrrole nitrogens is 1. The van der Waals surface area contributed by atoms with E-state index in [1.165, 1.54) is 0 Å². The number of nitrogens with one attached hydrogen (secondary N) is 1. The lowest BCUT2D eigenvalue weighted by atomic mass is 10.1. The summed E-state index contributed by atoms with van der Waals surface area (Å²) in [6.45, 7) is 0. The third kappa shape index (κ3) is 1.50. The highest BCUT2D eigenvalue weighted by Crippen LogP contribution is 2.34. The molecule has 0 fully saturated rings. The molecule has 0 radical (unpaired) electrons. The van der Waals surface area contributed by atoms with Gasteiger partial charge in [0.1, 0.15) is 11.4 Å². The van der Waals surface area contributed by atoms with Crippen molar-refractivity contribution in [3.05, 3.63) is 42.5 Å². The van der Waals surface area contributed by atoms with Gasteiger partial charge in [0.05, 0.1) is 18.3 Å². The van der Waals surface area contributed by atoms with Gasteiger partial charge in [0.15, 0.2) is 0 Å². The maximum absolute atomic E-state index is 5.92. The topological polar surface area (TPSA) is 63.9 Å². The number of fused-ring (bicyclic) bond motifs is 1. The van der Waals surface area contributed by atoms with Crippen LogP contribution in [0.1, 0.15) is 0 Å². The molecular formula is C14H13N3O. The Hall–Kier alpha value is -2.49. The van der Waals surface area contributed by atoms with E-state index in [9.17, 15) is 0 Å². The van der Waals surface area contributed by atoms with Gasteiger partial charge in [-0.2, -0.15) is 5.10 Å². The highest BCUT2D eigenvalue weighted by Gasteiger charge is 2.12. The van der Waals surface area contributed by atoms with Crippen molar-refractivity contribution >= 4 is 16.6 Å². The highest BCUT2D eigenvalue weighted by atomic mass is 16.5. The molecule has 2 aromatic carbocycles. The Kier molecular flexibility index (Phi) is 2.41. The molecule has 0 unspecified atom stereocenters. The maximum atomic E-state index is 5.92. The van der Waals surface area contributed by atoms with Crippen LogP contribution in [0.5, 0.6) is 5.75 Å². The minimum absolute atomic E-state index is 0.696. The number of ether oxygens (including phenoxy) is 1. The van der Waals surface area contributed by atoms with E-state index in [-0.39, 0.29) is 0 Å². The molecule has 3 N–H and O–H groups in total. The number of benzene rings is 2. The van der Waals surface area contributed by atoms with E-state index in [4.69, 9.17) is 10.5 Å². The lowest BCUT2D eigenvalue weighted by Crippen LogP contribution is -1.88. The molecule has 0 aliphatic carbocycles. The molecule has 18 heavy (non-hydrogen) atoms. The number of methoxy groups -OCH3 is 1. The quantitative estimate of drug-likeness (QED) is 0.676. The second-order valence-electron chi connectivity index (χ2n) is 4.04. The van der Waals surface area contributed by atoms with Crippen molar-refractivity contribution in [2.75, 3.05) is 12.8 Å². The normalized spacial score (nSPS) is 10.7. The minimum Gasteiger partial charge on any atom is -0.496 e. The van der Waals surface area contributed by atoms with Crippen molar-refractivity contribution in [1.82, 2.24) is 10.2 Å². The molecule has 0 aliphatic heterocycles. The molecular weight excluding hydrogens is 226 g/mol. The van der Waals surface area contributed by atoms with E-state index in [0.29, 0.717) is 5.69 Å². The first-order valence-electron chi connectivity index (χ1n) is 5.67. The van der Waals surface area contributed by atoms with E-state index in [2.05, 4.69) is 10.2 Å². The third-order valence-electron chi connectivity index (χ3n) is 2.99. The van der Waals surface area contributed by atoms with Crippen LogP contribution in [0.4, 0.5) is 5.69 Å². The predicted octanol–water partition coefficient (Wildman–Crippen LogP) is 2.82. The van der Waals surface area contributed by atoms with Gasteiger partial charge in [0.2, 0.25) is 0 Å². The van der Waals surface area contributed by atoms with Gasteiger partial charge in [0, 0.05) is 10.9 Å². The summed E-state index contributed by atoms with van der Waals surface area (Å²) in [4.78, 5) is 0. The molecule has 1 aromatic heterocycles. The standard InChI is InChI=1S/C14H13N3O/c1-18-12-8-3-2-5-9(12)13-10-6-4-7-11(15)14(10)17-16-13/h2-8H,15H2,1H3,(H,16,17). The molecule has 4 nitrogen and oxygen atoms in total. The van der Waals surface area contributed by atoms with E-state index >= 15 is 0 Å². The third-order valence-corrected chi connectivity index (χ3v) is 2.99. The molecule has 0 saturated heterocycles. The number of hydrogen-bond acceptors (Lipinski definition) is 3. The average Bonchev–Trinajstić information content (AvgIpc) is 2.84. The smallest absolute Gasteiger partial charge is 0.128 e. The summed E-state index contributed by atoms with van der Waals surface area (Å²) >= 11 is 0. The monoisotopic (exact) mass is 239 g/mol. The Morgan fingerprint density at radius 2 is 1.94 bits per heavy atom. The first kappa shape index (κ1) is 10.7. The number of nitrogens with zero attached hydrogens (tertiary/aromatic N) is 1. The van der Waals surface area contributed by atoms with Gasteiger partial charge in [-0.3, -0.25) is 5.10 Å². The maximum Gasteiger partial charge on any atom is 0.128 e. The van der Waals surface area contributed by atoms with Crippen LogP contribution in [0.25, 0.3) is 22.2 Å². The lowest BCUT2D eigenvalue weighted by Gasteiger charge is -2.05. The summed E-state index contributed by atoms with van der Waals surface area (Å²) in [7, 11) is 1.65. The molecule has 0 bridgehead atoms. The van der Waals surface area contributed by atoms with Gasteiger partial charge in [0.25, 0.3) is 0 Å². The first-order valence-corrected chi connectivity index (χ1v) is 5.67. The number of rotatable bonds is 2. The van der Waals surface area contributed by atoms with Crippen LogP contribution in [0.3, 0.4) is 0 Å². The van der Waals surface area contributed by atoms with Crippen LogP contribution in [-0.4, -0.2) is 17.3 Å². The zero-order valence-corrected chi connectivity index (χ0v) is 9.97. The molecule has 90 valence electrons. The Morgan fingerprint density at radius 3 is 2.78 bits per heavy atom. The van der Waals surface area contributed by atoms with Crippen molar-refractivity contribution in [1.29, 1.82) is 0 Å². The summed E-state index contributed by atoms with van der Waals surface area (Å²) in [5.41, 5.74) is 9.28. The van der Waals surface area contributed by atoms with Crippen LogP contribution >= 0.6 is 0 Å². The number of nitrogens with two attached hydrogens (primary N) is 1. The highest BCUT2D eigenvalue weighted by molar-refractivity contribution is 5.99. The van der Waals surface area contributed by atoms with Crippen molar-refractivity contribution in [3.8, 4) is 17.0 Å². The molecule has 0 saturated carbocycles. The summed E-state index contributed by atoms with van der Waals surface area (Å²) in [5.74, 6) is 0.799. The van der Waals surface area contributed by atoms with E-state index in [1.807, 2.05) is 42.5 Å². The average molecular weight is 239 g/mol. The number of aromatic amines is 1. The Balaban J connectivity index is 2.29. The zero-order valence-electron chi connectivity index (χ0n) is 9.97. The van der Waals surface area contributed by atoms with Crippen molar-refractivity contribution < 1.29 is 4.74 Å². The Labute approximate surface area is 104 Å². The molecule has 0 atom stereocenters. The first-order chi connectivity index (χ1) is 8.81. The summed E-state index contributed by atoms with van der Waals surface area (Å²) in [6, 6.07) is 13.6. The van der Waals surface area contributed by atoms with Crippen molar-refractivity contribution in [2.24, 2.45) is 0 Å². The van der Waals surface area contributed by atoms with Gasteiger partial charge in [-0.1, -0.05) is 24.3 Å². The van der Waals surface area contributed by atoms with Crippen LogP contribution in [0.2, 0.25) is 0 Å². The fourth-order valence-corrected chi connectivity index (χ4v) is 2.11.